The van der Waals surface area contributed by atoms with Gasteiger partial charge in [-0.1, -0.05) is 19.9 Å². The number of nitrogens with zero attached hydrogens (tertiary/aromatic N) is 1. The Morgan fingerprint density at radius 3 is 2.81 bits per heavy atom. The van der Waals surface area contributed by atoms with Crippen molar-refractivity contribution >= 4 is 22.8 Å². The van der Waals surface area contributed by atoms with Crippen LogP contribution < -0.4 is 22.3 Å². The first-order valence-corrected chi connectivity index (χ1v) is 7.76. The van der Waals surface area contributed by atoms with E-state index in [1.165, 1.54) is 9.44 Å². The van der Waals surface area contributed by atoms with Gasteiger partial charge in [0, 0.05) is 18.0 Å². The lowest BCUT2D eigenvalue weighted by atomic mass is 10.2. The van der Waals surface area contributed by atoms with Crippen LogP contribution in [0.15, 0.2) is 27.1 Å². The SMILES string of the molecule is CC(C)Cn1c(N)c(NCCc2cccs2)c(=O)[nH]c1=O. The van der Waals surface area contributed by atoms with Gasteiger partial charge in [0.15, 0.2) is 0 Å². The molecule has 0 aliphatic rings. The summed E-state index contributed by atoms with van der Waals surface area (Å²) in [6.07, 6.45) is 0.805. The number of anilines is 2. The molecule has 0 aromatic carbocycles. The molecule has 0 radical (unpaired) electrons. The number of rotatable bonds is 6. The Morgan fingerprint density at radius 1 is 1.43 bits per heavy atom. The molecule has 0 aliphatic carbocycles. The quantitative estimate of drug-likeness (QED) is 0.754. The molecule has 0 amide bonds. The van der Waals surface area contributed by atoms with E-state index in [1.807, 2.05) is 31.4 Å². The van der Waals surface area contributed by atoms with Gasteiger partial charge in [0.25, 0.3) is 5.56 Å². The van der Waals surface area contributed by atoms with Crippen molar-refractivity contribution in [1.82, 2.24) is 9.55 Å². The van der Waals surface area contributed by atoms with Gasteiger partial charge in [0.05, 0.1) is 0 Å². The lowest BCUT2D eigenvalue weighted by molar-refractivity contribution is 0.508. The van der Waals surface area contributed by atoms with Crippen LogP contribution in [0, 0.1) is 5.92 Å². The van der Waals surface area contributed by atoms with Crippen LogP contribution in [0.2, 0.25) is 0 Å². The van der Waals surface area contributed by atoms with Crippen LogP contribution in [0.5, 0.6) is 0 Å². The zero-order chi connectivity index (χ0) is 15.4. The molecule has 7 heteroatoms. The van der Waals surface area contributed by atoms with Gasteiger partial charge in [-0.05, 0) is 23.8 Å². The van der Waals surface area contributed by atoms with E-state index in [9.17, 15) is 9.59 Å². The van der Waals surface area contributed by atoms with Gasteiger partial charge in [0.2, 0.25) is 0 Å². The normalized spacial score (nSPS) is 11.0. The topological polar surface area (TPSA) is 92.9 Å². The Hall–Kier alpha value is -2.02. The Kier molecular flexibility index (Phi) is 4.85. The smallest absolute Gasteiger partial charge is 0.330 e. The second-order valence-electron chi connectivity index (χ2n) is 5.28. The van der Waals surface area contributed by atoms with E-state index in [1.54, 1.807) is 11.3 Å². The third-order valence-electron chi connectivity index (χ3n) is 3.04. The fourth-order valence-electron chi connectivity index (χ4n) is 2.07. The molecule has 21 heavy (non-hydrogen) atoms. The molecule has 0 bridgehead atoms. The standard InChI is InChI=1S/C14H20N4O2S/c1-9(2)8-18-12(15)11(13(19)17-14(18)20)16-6-5-10-4-3-7-21-10/h3-4,7,9,16H,5-6,8,15H2,1-2H3,(H,17,19,20). The van der Waals surface area contributed by atoms with Crippen molar-refractivity contribution in [3.63, 3.8) is 0 Å². The van der Waals surface area contributed by atoms with E-state index in [2.05, 4.69) is 10.3 Å². The first-order chi connectivity index (χ1) is 9.99. The van der Waals surface area contributed by atoms with Gasteiger partial charge in [0.1, 0.15) is 11.5 Å². The third-order valence-corrected chi connectivity index (χ3v) is 3.98. The number of H-pyrrole nitrogens is 1. The Labute approximate surface area is 126 Å². The van der Waals surface area contributed by atoms with Crippen LogP contribution in [0.3, 0.4) is 0 Å². The van der Waals surface area contributed by atoms with Crippen molar-refractivity contribution in [2.24, 2.45) is 5.92 Å². The summed E-state index contributed by atoms with van der Waals surface area (Å²) >= 11 is 1.67. The summed E-state index contributed by atoms with van der Waals surface area (Å²) in [7, 11) is 0. The highest BCUT2D eigenvalue weighted by atomic mass is 32.1. The van der Waals surface area contributed by atoms with Gasteiger partial charge in [-0.2, -0.15) is 0 Å². The molecule has 0 unspecified atom stereocenters. The average molecular weight is 308 g/mol. The molecule has 2 aromatic heterocycles. The Bertz CT molecular complexity index is 701. The number of nitrogens with one attached hydrogen (secondary N) is 2. The zero-order valence-corrected chi connectivity index (χ0v) is 13.0. The Morgan fingerprint density at radius 2 is 2.19 bits per heavy atom. The zero-order valence-electron chi connectivity index (χ0n) is 12.2. The molecule has 114 valence electrons. The van der Waals surface area contributed by atoms with Gasteiger partial charge in [-0.15, -0.1) is 11.3 Å². The molecule has 6 nitrogen and oxygen atoms in total. The molecule has 0 saturated heterocycles. The van der Waals surface area contributed by atoms with Crippen molar-refractivity contribution in [1.29, 1.82) is 0 Å². The molecule has 0 saturated carbocycles. The number of nitrogens with two attached hydrogens (primary N) is 1. The maximum absolute atomic E-state index is 11.9. The molecule has 0 atom stereocenters. The maximum atomic E-state index is 11.9. The van der Waals surface area contributed by atoms with Crippen LogP contribution >= 0.6 is 11.3 Å². The molecule has 0 aliphatic heterocycles. The van der Waals surface area contributed by atoms with E-state index in [-0.39, 0.29) is 17.4 Å². The van der Waals surface area contributed by atoms with E-state index in [4.69, 9.17) is 5.73 Å². The molecular formula is C14H20N4O2S. The largest absolute Gasteiger partial charge is 0.383 e. The second-order valence-corrected chi connectivity index (χ2v) is 6.31. The fraction of sp³-hybridized carbons (Fsp3) is 0.429. The monoisotopic (exact) mass is 308 g/mol. The van der Waals surface area contributed by atoms with E-state index in [0.717, 1.165) is 6.42 Å². The second kappa shape index (κ2) is 6.62. The lowest BCUT2D eigenvalue weighted by Crippen LogP contribution is -2.35. The van der Waals surface area contributed by atoms with Crippen LogP contribution in [-0.4, -0.2) is 16.1 Å². The molecular weight excluding hydrogens is 288 g/mol. The predicted molar refractivity (Wildman–Crippen MR) is 87.1 cm³/mol. The summed E-state index contributed by atoms with van der Waals surface area (Å²) in [6.45, 7) is 5.04. The van der Waals surface area contributed by atoms with Crippen LogP contribution in [0.25, 0.3) is 0 Å². The van der Waals surface area contributed by atoms with Crippen molar-refractivity contribution in [3.8, 4) is 0 Å². The fourth-order valence-corrected chi connectivity index (χ4v) is 2.78. The molecule has 0 spiro atoms. The van der Waals surface area contributed by atoms with E-state index in [0.29, 0.717) is 13.1 Å². The van der Waals surface area contributed by atoms with Crippen molar-refractivity contribution in [2.75, 3.05) is 17.6 Å². The van der Waals surface area contributed by atoms with E-state index < -0.39 is 11.2 Å². The molecule has 2 aromatic rings. The molecule has 2 heterocycles. The number of hydrogen-bond acceptors (Lipinski definition) is 5. The maximum Gasteiger partial charge on any atom is 0.330 e. The highest BCUT2D eigenvalue weighted by Gasteiger charge is 2.12. The van der Waals surface area contributed by atoms with Crippen LogP contribution in [-0.2, 0) is 13.0 Å². The highest BCUT2D eigenvalue weighted by molar-refractivity contribution is 7.09. The van der Waals surface area contributed by atoms with E-state index >= 15 is 0 Å². The summed E-state index contributed by atoms with van der Waals surface area (Å²) in [4.78, 5) is 27.2. The van der Waals surface area contributed by atoms with Crippen LogP contribution in [0.4, 0.5) is 11.5 Å². The van der Waals surface area contributed by atoms with Gasteiger partial charge in [-0.3, -0.25) is 14.3 Å². The number of thiophene rings is 1. The number of aromatic amines is 1. The summed E-state index contributed by atoms with van der Waals surface area (Å²) in [5, 5.41) is 5.05. The minimum atomic E-state index is -0.469. The third kappa shape index (κ3) is 3.75. The number of nitrogen functional groups attached to an aromatic ring is 1. The predicted octanol–water partition coefficient (Wildman–Crippen LogP) is 1.49. The summed E-state index contributed by atoms with van der Waals surface area (Å²) < 4.78 is 1.40. The van der Waals surface area contributed by atoms with Gasteiger partial charge in [-0.25, -0.2) is 4.79 Å². The molecule has 0 fully saturated rings. The van der Waals surface area contributed by atoms with Crippen molar-refractivity contribution in [3.05, 3.63) is 43.2 Å². The summed E-state index contributed by atoms with van der Waals surface area (Å²) in [5.74, 6) is 0.457. The highest BCUT2D eigenvalue weighted by Crippen LogP contribution is 2.13. The summed E-state index contributed by atoms with van der Waals surface area (Å²) in [6, 6.07) is 4.03. The summed E-state index contributed by atoms with van der Waals surface area (Å²) in [5.41, 5.74) is 5.31. The Balaban J connectivity index is 2.18. The minimum absolute atomic E-state index is 0.198. The lowest BCUT2D eigenvalue weighted by Gasteiger charge is -2.15. The average Bonchev–Trinajstić information content (AvgIpc) is 2.91. The van der Waals surface area contributed by atoms with Crippen molar-refractivity contribution < 1.29 is 0 Å². The number of hydrogen-bond donors (Lipinski definition) is 3. The molecule has 2 rings (SSSR count). The molecule has 4 N–H and O–H groups in total. The first kappa shape index (κ1) is 15.4. The van der Waals surface area contributed by atoms with Crippen LogP contribution in [0.1, 0.15) is 18.7 Å². The van der Waals surface area contributed by atoms with Crippen molar-refractivity contribution in [2.45, 2.75) is 26.8 Å². The minimum Gasteiger partial charge on any atom is -0.383 e. The van der Waals surface area contributed by atoms with Gasteiger partial charge < -0.3 is 11.1 Å². The first-order valence-electron chi connectivity index (χ1n) is 6.88. The number of aromatic nitrogens is 2. The van der Waals surface area contributed by atoms with Gasteiger partial charge >= 0.3 is 5.69 Å².